The van der Waals surface area contributed by atoms with Crippen molar-refractivity contribution in [3.05, 3.63) is 192 Å². The van der Waals surface area contributed by atoms with Gasteiger partial charge in [-0.05, 0) is 77.2 Å². The number of aromatic nitrogens is 2. The van der Waals surface area contributed by atoms with E-state index >= 15 is 0 Å². The molecular weight excluding hydrogens is 617 g/mol. The van der Waals surface area contributed by atoms with Gasteiger partial charge < -0.3 is 9.13 Å². The summed E-state index contributed by atoms with van der Waals surface area (Å²) in [5.41, 5.74) is 12.4. The minimum absolute atomic E-state index is 0.105. The molecule has 0 saturated carbocycles. The molecule has 2 aromatic heterocycles. The predicted molar refractivity (Wildman–Crippen MR) is 217 cm³/mol. The quantitative estimate of drug-likeness (QED) is 0.161. The van der Waals surface area contributed by atoms with Crippen molar-refractivity contribution in [2.45, 2.75) is 44.9 Å². The van der Waals surface area contributed by atoms with E-state index in [9.17, 15) is 0 Å². The molecule has 0 fully saturated rings. The lowest BCUT2D eigenvalue weighted by molar-refractivity contribution is 0.548. The van der Waals surface area contributed by atoms with Crippen molar-refractivity contribution in [2.75, 3.05) is 0 Å². The molecule has 7 aromatic carbocycles. The molecule has 1 atom stereocenters. The Labute approximate surface area is 300 Å². The molecule has 0 N–H and O–H groups in total. The second kappa shape index (κ2) is 11.9. The SMILES string of the molecule is CCC(C)(c1ccc(-n2c3ccccc3c3ccccc32)cc1)c1ccc(C(C)(C)c2ccc(-n3c4ccccc4c4ccccc43)cc2)cc1. The number of rotatable bonds is 7. The number of benzene rings is 7. The molecule has 9 rings (SSSR count). The summed E-state index contributed by atoms with van der Waals surface area (Å²) in [6, 6.07) is 62.7. The zero-order chi connectivity index (χ0) is 34.7. The molecule has 2 heterocycles. The molecule has 51 heavy (non-hydrogen) atoms. The number of para-hydroxylation sites is 4. The summed E-state index contributed by atoms with van der Waals surface area (Å²) in [4.78, 5) is 0. The van der Waals surface area contributed by atoms with Gasteiger partial charge in [-0.2, -0.15) is 0 Å². The summed E-state index contributed by atoms with van der Waals surface area (Å²) in [6.45, 7) is 9.36. The van der Waals surface area contributed by atoms with E-state index in [1.165, 1.54) is 77.2 Å². The van der Waals surface area contributed by atoms with Gasteiger partial charge in [0.05, 0.1) is 22.1 Å². The predicted octanol–water partition coefficient (Wildman–Crippen LogP) is 12.9. The van der Waals surface area contributed by atoms with Crippen LogP contribution in [0.5, 0.6) is 0 Å². The third kappa shape index (κ3) is 4.85. The number of nitrogens with zero attached hydrogens (tertiary/aromatic N) is 2. The van der Waals surface area contributed by atoms with Crippen LogP contribution >= 0.6 is 0 Å². The van der Waals surface area contributed by atoms with Gasteiger partial charge in [0.2, 0.25) is 0 Å². The van der Waals surface area contributed by atoms with E-state index in [-0.39, 0.29) is 10.8 Å². The first-order valence-electron chi connectivity index (χ1n) is 18.2. The lowest BCUT2D eigenvalue weighted by Crippen LogP contribution is -2.24. The molecule has 0 spiro atoms. The smallest absolute Gasteiger partial charge is 0.0541 e. The normalized spacial score (nSPS) is 13.3. The van der Waals surface area contributed by atoms with Gasteiger partial charge in [-0.3, -0.25) is 0 Å². The largest absolute Gasteiger partial charge is 0.309 e. The lowest BCUT2D eigenvalue weighted by atomic mass is 9.72. The van der Waals surface area contributed by atoms with E-state index in [1.807, 2.05) is 0 Å². The average molecular weight is 659 g/mol. The van der Waals surface area contributed by atoms with Gasteiger partial charge in [0.1, 0.15) is 0 Å². The van der Waals surface area contributed by atoms with Crippen molar-refractivity contribution in [3.8, 4) is 11.4 Å². The first-order chi connectivity index (χ1) is 24.9. The van der Waals surface area contributed by atoms with E-state index in [4.69, 9.17) is 0 Å². The summed E-state index contributed by atoms with van der Waals surface area (Å²) < 4.78 is 4.78. The first-order valence-corrected chi connectivity index (χ1v) is 18.2. The number of hydrogen-bond acceptors (Lipinski definition) is 0. The van der Waals surface area contributed by atoms with Crippen LogP contribution in [0.4, 0.5) is 0 Å². The highest BCUT2D eigenvalue weighted by atomic mass is 15.0. The summed E-state index contributed by atoms with van der Waals surface area (Å²) in [6.07, 6.45) is 1.01. The van der Waals surface area contributed by atoms with Crippen LogP contribution in [-0.4, -0.2) is 9.13 Å². The van der Waals surface area contributed by atoms with Crippen molar-refractivity contribution in [1.29, 1.82) is 0 Å². The molecule has 0 aliphatic carbocycles. The minimum Gasteiger partial charge on any atom is -0.309 e. The fraction of sp³-hybridized carbons (Fsp3) is 0.143. The molecule has 0 bridgehead atoms. The standard InChI is InChI=1S/C49H42N2/c1-5-49(4,37-28-32-39(33-29-37)51-46-20-12-8-16-42(46)43-17-9-13-21-47(43)51)36-24-22-34(23-25-36)48(2,3)35-26-30-38(31-27-35)50-44-18-10-6-14-40(44)41-15-7-11-19-45(41)50/h6-33H,5H2,1-4H3. The minimum atomic E-state index is -0.148. The van der Waals surface area contributed by atoms with Crippen molar-refractivity contribution in [2.24, 2.45) is 0 Å². The Bertz CT molecular complexity index is 2580. The van der Waals surface area contributed by atoms with Crippen LogP contribution in [0.1, 0.15) is 56.4 Å². The molecule has 1 unspecified atom stereocenters. The highest BCUT2D eigenvalue weighted by Crippen LogP contribution is 2.40. The van der Waals surface area contributed by atoms with Gasteiger partial charge in [-0.1, -0.05) is 149 Å². The number of hydrogen-bond donors (Lipinski definition) is 0. The summed E-state index contributed by atoms with van der Waals surface area (Å²) >= 11 is 0. The lowest BCUT2D eigenvalue weighted by Gasteiger charge is -2.32. The summed E-state index contributed by atoms with van der Waals surface area (Å²) in [5, 5.41) is 5.15. The van der Waals surface area contributed by atoms with Crippen LogP contribution in [0.25, 0.3) is 55.0 Å². The molecule has 9 aromatic rings. The molecule has 2 nitrogen and oxygen atoms in total. The summed E-state index contributed by atoms with van der Waals surface area (Å²) in [5.74, 6) is 0. The second-order valence-electron chi connectivity index (χ2n) is 14.7. The zero-order valence-corrected chi connectivity index (χ0v) is 29.8. The Kier molecular flexibility index (Phi) is 7.26. The van der Waals surface area contributed by atoms with Gasteiger partial charge in [-0.15, -0.1) is 0 Å². The van der Waals surface area contributed by atoms with Crippen molar-refractivity contribution in [1.82, 2.24) is 9.13 Å². The topological polar surface area (TPSA) is 9.86 Å². The van der Waals surface area contributed by atoms with Gasteiger partial charge in [0.15, 0.2) is 0 Å². The van der Waals surface area contributed by atoms with Crippen LogP contribution in [0.15, 0.2) is 170 Å². The van der Waals surface area contributed by atoms with E-state index < -0.39 is 0 Å². The first kappa shape index (κ1) is 31.1. The fourth-order valence-electron chi connectivity index (χ4n) is 8.40. The van der Waals surface area contributed by atoms with E-state index in [1.54, 1.807) is 0 Å². The highest BCUT2D eigenvalue weighted by molar-refractivity contribution is 6.10. The van der Waals surface area contributed by atoms with Crippen LogP contribution in [-0.2, 0) is 10.8 Å². The van der Waals surface area contributed by atoms with Crippen LogP contribution in [0.3, 0.4) is 0 Å². The summed E-state index contributed by atoms with van der Waals surface area (Å²) in [7, 11) is 0. The molecule has 0 radical (unpaired) electrons. The van der Waals surface area contributed by atoms with Crippen molar-refractivity contribution in [3.63, 3.8) is 0 Å². The Morgan fingerprint density at radius 1 is 0.353 bits per heavy atom. The van der Waals surface area contributed by atoms with Crippen LogP contribution in [0, 0.1) is 0 Å². The molecule has 0 aliphatic heterocycles. The van der Waals surface area contributed by atoms with Crippen LogP contribution < -0.4 is 0 Å². The van der Waals surface area contributed by atoms with Crippen LogP contribution in [0.2, 0.25) is 0 Å². The van der Waals surface area contributed by atoms with Crippen molar-refractivity contribution >= 4 is 43.6 Å². The molecule has 0 aliphatic rings. The van der Waals surface area contributed by atoms with E-state index in [2.05, 4.69) is 207 Å². The number of fused-ring (bicyclic) bond motifs is 6. The molecule has 2 heteroatoms. The average Bonchev–Trinajstić information content (AvgIpc) is 3.71. The third-order valence-electron chi connectivity index (χ3n) is 11.7. The Balaban J connectivity index is 1.01. The van der Waals surface area contributed by atoms with E-state index in [0.717, 1.165) is 6.42 Å². The monoisotopic (exact) mass is 658 g/mol. The van der Waals surface area contributed by atoms with E-state index in [0.29, 0.717) is 0 Å². The third-order valence-corrected chi connectivity index (χ3v) is 11.7. The molecule has 0 amide bonds. The fourth-order valence-corrected chi connectivity index (χ4v) is 8.40. The Morgan fingerprint density at radius 2 is 0.627 bits per heavy atom. The highest BCUT2D eigenvalue weighted by Gasteiger charge is 2.29. The Morgan fingerprint density at radius 3 is 0.961 bits per heavy atom. The van der Waals surface area contributed by atoms with Crippen molar-refractivity contribution < 1.29 is 0 Å². The maximum atomic E-state index is 2.39. The maximum absolute atomic E-state index is 2.39. The van der Waals surface area contributed by atoms with Gasteiger partial charge in [0, 0.05) is 43.7 Å². The van der Waals surface area contributed by atoms with Gasteiger partial charge in [0.25, 0.3) is 0 Å². The molecule has 0 saturated heterocycles. The second-order valence-corrected chi connectivity index (χ2v) is 14.7. The maximum Gasteiger partial charge on any atom is 0.0541 e. The molecule has 248 valence electrons. The van der Waals surface area contributed by atoms with Gasteiger partial charge >= 0.3 is 0 Å². The Hall–Kier alpha value is -5.86. The molecular formula is C49H42N2. The zero-order valence-electron chi connectivity index (χ0n) is 29.8. The van der Waals surface area contributed by atoms with Gasteiger partial charge in [-0.25, -0.2) is 0 Å².